The van der Waals surface area contributed by atoms with Gasteiger partial charge in [-0.05, 0) is 35.4 Å². The van der Waals surface area contributed by atoms with E-state index in [-0.39, 0.29) is 32.6 Å². The third kappa shape index (κ3) is 3.68. The number of aromatic nitrogens is 1. The summed E-state index contributed by atoms with van der Waals surface area (Å²) in [6.07, 6.45) is 1.72. The number of rotatable bonds is 8. The number of esters is 1. The number of methoxy groups -OCH3 is 1. The van der Waals surface area contributed by atoms with Crippen molar-refractivity contribution < 1.29 is 27.5 Å². The first-order chi connectivity index (χ1) is 15.3. The number of thiophene rings is 2. The van der Waals surface area contributed by atoms with Crippen LogP contribution in [0.3, 0.4) is 0 Å². The Morgan fingerprint density at radius 1 is 1.22 bits per heavy atom. The maximum absolute atomic E-state index is 13.6. The second kappa shape index (κ2) is 8.61. The third-order valence-electron chi connectivity index (χ3n) is 5.35. The number of carbonyl (C=O) groups excluding carboxylic acids is 3. The van der Waals surface area contributed by atoms with Gasteiger partial charge in [-0.1, -0.05) is 6.08 Å². The molecular weight excluding hydrogens is 470 g/mol. The van der Waals surface area contributed by atoms with Gasteiger partial charge in [0.25, 0.3) is 0 Å². The summed E-state index contributed by atoms with van der Waals surface area (Å²) in [6, 6.07) is 4.64. The molecule has 3 aromatic heterocycles. The van der Waals surface area contributed by atoms with Crippen molar-refractivity contribution in [2.45, 2.75) is 23.1 Å². The molecule has 0 aromatic carbocycles. The highest BCUT2D eigenvalue weighted by Crippen LogP contribution is 2.37. The Balaban J connectivity index is 1.88. The molecule has 10 heteroatoms. The van der Waals surface area contributed by atoms with Crippen LogP contribution < -0.4 is 0 Å². The first-order valence-corrected chi connectivity index (χ1v) is 13.1. The molecule has 3 aromatic rings. The highest BCUT2D eigenvalue weighted by atomic mass is 32.2. The van der Waals surface area contributed by atoms with E-state index in [0.717, 1.165) is 11.3 Å². The van der Waals surface area contributed by atoms with Crippen LogP contribution in [0.4, 0.5) is 0 Å². The predicted molar refractivity (Wildman–Crippen MR) is 122 cm³/mol. The minimum atomic E-state index is -3.73. The fourth-order valence-electron chi connectivity index (χ4n) is 3.91. The van der Waals surface area contributed by atoms with Gasteiger partial charge in [0, 0.05) is 23.2 Å². The van der Waals surface area contributed by atoms with E-state index in [0.29, 0.717) is 24.2 Å². The quantitative estimate of drug-likeness (QED) is 0.272. The second-order valence-corrected chi connectivity index (χ2v) is 11.1. The average Bonchev–Trinajstić information content (AvgIpc) is 3.55. The van der Waals surface area contributed by atoms with E-state index in [1.54, 1.807) is 21.4 Å². The van der Waals surface area contributed by atoms with Gasteiger partial charge in [-0.2, -0.15) is 11.3 Å². The SMILES string of the molecule is C=CCS(=O)(=O)c1sccc1C(=O)c1cc2n(c1C(=O)c1ccsc1)CCC2C(=O)OC. The minimum Gasteiger partial charge on any atom is -0.469 e. The molecule has 7 nitrogen and oxygen atoms in total. The molecule has 0 radical (unpaired) electrons. The van der Waals surface area contributed by atoms with Crippen LogP contribution in [0.25, 0.3) is 0 Å². The van der Waals surface area contributed by atoms with Gasteiger partial charge >= 0.3 is 5.97 Å². The Morgan fingerprint density at radius 3 is 2.66 bits per heavy atom. The van der Waals surface area contributed by atoms with E-state index in [4.69, 9.17) is 4.74 Å². The third-order valence-corrected chi connectivity index (χ3v) is 9.25. The van der Waals surface area contributed by atoms with Crippen LogP contribution in [0.15, 0.2) is 51.2 Å². The molecule has 0 N–H and O–H groups in total. The Kier molecular flexibility index (Phi) is 6.02. The maximum atomic E-state index is 13.6. The number of hydrogen-bond acceptors (Lipinski definition) is 8. The largest absolute Gasteiger partial charge is 0.469 e. The molecule has 1 aliphatic rings. The zero-order chi connectivity index (χ0) is 23.0. The van der Waals surface area contributed by atoms with Crippen molar-refractivity contribution in [1.29, 1.82) is 0 Å². The fourth-order valence-corrected chi connectivity index (χ4v) is 7.08. The summed E-state index contributed by atoms with van der Waals surface area (Å²) in [5.74, 6) is -2.26. The zero-order valence-corrected chi connectivity index (χ0v) is 19.5. The highest BCUT2D eigenvalue weighted by molar-refractivity contribution is 7.93. The molecule has 0 fully saturated rings. The minimum absolute atomic E-state index is 0.00936. The van der Waals surface area contributed by atoms with Crippen LogP contribution in [0.1, 0.15) is 50.0 Å². The summed E-state index contributed by atoms with van der Waals surface area (Å²) in [5.41, 5.74) is 1.20. The lowest BCUT2D eigenvalue weighted by atomic mass is 9.99. The van der Waals surface area contributed by atoms with Gasteiger partial charge in [0.15, 0.2) is 15.6 Å². The second-order valence-electron chi connectivity index (χ2n) is 7.21. The first-order valence-electron chi connectivity index (χ1n) is 9.64. The lowest BCUT2D eigenvalue weighted by Crippen LogP contribution is -2.15. The number of sulfone groups is 1. The standard InChI is InChI=1S/C22H19NO6S3/c1-3-10-32(27,28)22-15(6-9-31-22)20(25)16-11-17-14(21(26)29-2)4-7-23(17)18(16)19(24)13-5-8-30-12-13/h3,5-6,8-9,11-12,14H,1,4,7,10H2,2H3. The molecule has 1 aliphatic heterocycles. The molecule has 166 valence electrons. The maximum Gasteiger partial charge on any atom is 0.314 e. The summed E-state index contributed by atoms with van der Waals surface area (Å²) in [7, 11) is -2.44. The van der Waals surface area contributed by atoms with Crippen molar-refractivity contribution in [3.63, 3.8) is 0 Å². The topological polar surface area (TPSA) is 99.5 Å². The van der Waals surface area contributed by atoms with Crippen LogP contribution in [-0.4, -0.2) is 43.4 Å². The Labute approximate surface area is 192 Å². The van der Waals surface area contributed by atoms with Crippen molar-refractivity contribution in [2.24, 2.45) is 0 Å². The van der Waals surface area contributed by atoms with Gasteiger partial charge in [-0.25, -0.2) is 8.42 Å². The van der Waals surface area contributed by atoms with Gasteiger partial charge in [0.2, 0.25) is 5.78 Å². The highest BCUT2D eigenvalue weighted by Gasteiger charge is 2.37. The molecule has 0 aliphatic carbocycles. The van der Waals surface area contributed by atoms with E-state index >= 15 is 0 Å². The van der Waals surface area contributed by atoms with Crippen LogP contribution in [0, 0.1) is 0 Å². The van der Waals surface area contributed by atoms with Crippen LogP contribution >= 0.6 is 22.7 Å². The van der Waals surface area contributed by atoms with E-state index in [2.05, 4.69) is 6.58 Å². The normalized spacial score (nSPS) is 15.3. The van der Waals surface area contributed by atoms with Crippen molar-refractivity contribution >= 4 is 50.0 Å². The molecule has 1 atom stereocenters. The number of carbonyl (C=O) groups is 3. The van der Waals surface area contributed by atoms with Gasteiger partial charge in [-0.3, -0.25) is 14.4 Å². The van der Waals surface area contributed by atoms with Crippen molar-refractivity contribution in [1.82, 2.24) is 4.57 Å². The number of nitrogens with zero attached hydrogens (tertiary/aromatic N) is 1. The molecule has 1 unspecified atom stereocenters. The number of fused-ring (bicyclic) bond motifs is 1. The van der Waals surface area contributed by atoms with E-state index in [9.17, 15) is 22.8 Å². The first kappa shape index (κ1) is 22.4. The van der Waals surface area contributed by atoms with Crippen LogP contribution in [0.2, 0.25) is 0 Å². The molecule has 0 bridgehead atoms. The molecular formula is C22H19NO6S3. The molecule has 0 saturated carbocycles. The van der Waals surface area contributed by atoms with Gasteiger partial charge in [0.1, 0.15) is 9.90 Å². The van der Waals surface area contributed by atoms with Gasteiger partial charge < -0.3 is 9.30 Å². The molecule has 4 heterocycles. The van der Waals surface area contributed by atoms with Gasteiger partial charge in [0.05, 0.1) is 29.9 Å². The van der Waals surface area contributed by atoms with Gasteiger partial charge in [-0.15, -0.1) is 17.9 Å². The Hall–Kier alpha value is -2.82. The monoisotopic (exact) mass is 489 g/mol. The van der Waals surface area contributed by atoms with Crippen LogP contribution in [-0.2, 0) is 25.9 Å². The predicted octanol–water partition coefficient (Wildman–Crippen LogP) is 3.69. The van der Waals surface area contributed by atoms with Crippen molar-refractivity contribution in [3.8, 4) is 0 Å². The van der Waals surface area contributed by atoms with E-state index in [1.165, 1.54) is 42.0 Å². The summed E-state index contributed by atoms with van der Waals surface area (Å²) in [6.45, 7) is 3.84. The average molecular weight is 490 g/mol. The smallest absolute Gasteiger partial charge is 0.314 e. The summed E-state index contributed by atoms with van der Waals surface area (Å²) in [4.78, 5) is 39.2. The molecule has 0 spiro atoms. The molecule has 0 amide bonds. The van der Waals surface area contributed by atoms with E-state index in [1.807, 2.05) is 0 Å². The number of hydrogen-bond donors (Lipinski definition) is 0. The fraction of sp³-hybridized carbons (Fsp3) is 0.227. The Morgan fingerprint density at radius 2 is 2.00 bits per heavy atom. The summed E-state index contributed by atoms with van der Waals surface area (Å²) < 4.78 is 31.8. The summed E-state index contributed by atoms with van der Waals surface area (Å²) >= 11 is 2.31. The zero-order valence-electron chi connectivity index (χ0n) is 17.1. The van der Waals surface area contributed by atoms with Crippen LogP contribution in [0.5, 0.6) is 0 Å². The summed E-state index contributed by atoms with van der Waals surface area (Å²) in [5, 5.41) is 4.98. The molecule has 32 heavy (non-hydrogen) atoms. The lowest BCUT2D eigenvalue weighted by Gasteiger charge is -2.08. The molecule has 4 rings (SSSR count). The molecule has 0 saturated heterocycles. The lowest BCUT2D eigenvalue weighted by molar-refractivity contribution is -0.142. The van der Waals surface area contributed by atoms with Crippen molar-refractivity contribution in [3.05, 3.63) is 75.1 Å². The number of ketones is 2. The Bertz CT molecular complexity index is 1330. The number of ether oxygens (including phenoxy) is 1. The van der Waals surface area contributed by atoms with Crippen molar-refractivity contribution in [2.75, 3.05) is 12.9 Å². The van der Waals surface area contributed by atoms with E-state index < -0.39 is 27.5 Å².